The van der Waals surface area contributed by atoms with E-state index in [9.17, 15) is 26.3 Å². The molecule has 7 nitrogen and oxygen atoms in total. The lowest BCUT2D eigenvalue weighted by Crippen LogP contribution is -2.48. The van der Waals surface area contributed by atoms with Crippen molar-refractivity contribution in [2.45, 2.75) is 39.5 Å². The van der Waals surface area contributed by atoms with Crippen LogP contribution in [0.15, 0.2) is 36.5 Å². The normalized spacial score (nSPS) is 15.3. The second-order valence-electron chi connectivity index (χ2n) is 10.4. The Morgan fingerprint density at radius 2 is 1.61 bits per heavy atom. The molecule has 0 radical (unpaired) electrons. The van der Waals surface area contributed by atoms with Crippen molar-refractivity contribution in [3.63, 3.8) is 0 Å². The first kappa shape index (κ1) is 28.8. The molecule has 13 heteroatoms. The number of aromatic nitrogens is 4. The number of hydrogen-bond donors (Lipinski definition) is 1. The van der Waals surface area contributed by atoms with Crippen molar-refractivity contribution in [1.29, 1.82) is 0 Å². The fraction of sp³-hybridized carbons (Fsp3) is 0.393. The minimum Gasteiger partial charge on any atom is -0.326 e. The van der Waals surface area contributed by atoms with Gasteiger partial charge in [0.2, 0.25) is 5.95 Å². The predicted octanol–water partition coefficient (Wildman–Crippen LogP) is 6.22. The summed E-state index contributed by atoms with van der Waals surface area (Å²) in [6, 6.07) is 7.23. The molecule has 1 aliphatic heterocycles. The van der Waals surface area contributed by atoms with Crippen LogP contribution in [0, 0.1) is 24.4 Å². The van der Waals surface area contributed by atoms with Crippen LogP contribution in [0.25, 0.3) is 22.3 Å². The Bertz CT molecular complexity index is 1560. The Kier molecular flexibility index (Phi) is 7.93. The van der Waals surface area contributed by atoms with Gasteiger partial charge >= 0.3 is 6.18 Å². The van der Waals surface area contributed by atoms with Crippen LogP contribution in [0.2, 0.25) is 0 Å². The van der Waals surface area contributed by atoms with Crippen LogP contribution < -0.4 is 5.32 Å². The zero-order chi connectivity index (χ0) is 29.5. The van der Waals surface area contributed by atoms with Crippen LogP contribution in [0.4, 0.5) is 38.0 Å². The molecule has 4 aromatic rings. The topological polar surface area (TPSA) is 62.1 Å². The number of halogens is 6. The summed E-state index contributed by atoms with van der Waals surface area (Å²) in [6.45, 7) is 6.25. The number of piperazine rings is 1. The van der Waals surface area contributed by atoms with E-state index in [1.807, 2.05) is 23.3 Å². The Morgan fingerprint density at radius 3 is 2.27 bits per heavy atom. The molecule has 41 heavy (non-hydrogen) atoms. The van der Waals surface area contributed by atoms with E-state index < -0.39 is 30.2 Å². The van der Waals surface area contributed by atoms with Gasteiger partial charge < -0.3 is 9.88 Å². The quantitative estimate of drug-likeness (QED) is 0.263. The number of alkyl halides is 3. The number of benzene rings is 2. The SMILES string of the molecule is Cc1nc2c(F)cc(-c3nc(Nc4ccc(CN5CCN(CC(F)(F)F)CC5)c(F)c4)ncc3F)cc2n1C(C)C. The van der Waals surface area contributed by atoms with Crippen molar-refractivity contribution in [2.75, 3.05) is 38.0 Å². The monoisotopic (exact) mass is 577 g/mol. The molecule has 218 valence electrons. The second kappa shape index (κ2) is 11.3. The Hall–Kier alpha value is -3.71. The van der Waals surface area contributed by atoms with Crippen molar-refractivity contribution >= 4 is 22.7 Å². The van der Waals surface area contributed by atoms with E-state index >= 15 is 0 Å². The van der Waals surface area contributed by atoms with Crippen LogP contribution in [0.1, 0.15) is 31.3 Å². The number of fused-ring (bicyclic) bond motifs is 1. The third-order valence-corrected chi connectivity index (χ3v) is 7.03. The molecule has 2 aromatic carbocycles. The van der Waals surface area contributed by atoms with E-state index in [2.05, 4.69) is 20.3 Å². The van der Waals surface area contributed by atoms with E-state index in [-0.39, 0.29) is 48.4 Å². The molecule has 1 fully saturated rings. The highest BCUT2D eigenvalue weighted by molar-refractivity contribution is 5.83. The van der Waals surface area contributed by atoms with Crippen LogP contribution in [-0.4, -0.2) is 68.2 Å². The first-order valence-electron chi connectivity index (χ1n) is 13.2. The molecule has 0 bridgehead atoms. The Morgan fingerprint density at radius 1 is 0.902 bits per heavy atom. The fourth-order valence-corrected chi connectivity index (χ4v) is 5.17. The van der Waals surface area contributed by atoms with Gasteiger partial charge in [0.15, 0.2) is 11.6 Å². The van der Waals surface area contributed by atoms with Gasteiger partial charge in [-0.05, 0) is 45.0 Å². The number of nitrogens with one attached hydrogen (secondary N) is 1. The lowest BCUT2D eigenvalue weighted by molar-refractivity contribution is -0.149. The highest BCUT2D eigenvalue weighted by Crippen LogP contribution is 2.31. The summed E-state index contributed by atoms with van der Waals surface area (Å²) in [7, 11) is 0. The third-order valence-electron chi connectivity index (χ3n) is 7.03. The predicted molar refractivity (Wildman–Crippen MR) is 143 cm³/mol. The van der Waals surface area contributed by atoms with Crippen molar-refractivity contribution in [3.05, 3.63) is 65.4 Å². The molecule has 0 amide bonds. The van der Waals surface area contributed by atoms with Gasteiger partial charge in [-0.1, -0.05) is 6.07 Å². The summed E-state index contributed by atoms with van der Waals surface area (Å²) >= 11 is 0. The summed E-state index contributed by atoms with van der Waals surface area (Å²) in [5, 5.41) is 2.86. The molecule has 0 unspecified atom stereocenters. The molecule has 3 heterocycles. The van der Waals surface area contributed by atoms with Gasteiger partial charge in [0.1, 0.15) is 22.9 Å². The maximum absolute atomic E-state index is 15.0. The lowest BCUT2D eigenvalue weighted by atomic mass is 10.1. The highest BCUT2D eigenvalue weighted by Gasteiger charge is 2.32. The summed E-state index contributed by atoms with van der Waals surface area (Å²) in [4.78, 5) is 15.7. The van der Waals surface area contributed by atoms with Gasteiger partial charge in [0, 0.05) is 55.6 Å². The molecule has 0 aliphatic carbocycles. The van der Waals surface area contributed by atoms with Gasteiger partial charge in [0.25, 0.3) is 0 Å². The van der Waals surface area contributed by atoms with E-state index in [0.29, 0.717) is 35.7 Å². The number of nitrogens with zero attached hydrogens (tertiary/aromatic N) is 6. The minimum absolute atomic E-state index is 0.000940. The van der Waals surface area contributed by atoms with Crippen molar-refractivity contribution < 1.29 is 26.3 Å². The van der Waals surface area contributed by atoms with Gasteiger partial charge in [-0.15, -0.1) is 0 Å². The molecule has 5 rings (SSSR count). The zero-order valence-electron chi connectivity index (χ0n) is 22.7. The summed E-state index contributed by atoms with van der Waals surface area (Å²) in [5.74, 6) is -1.25. The van der Waals surface area contributed by atoms with E-state index in [0.717, 1.165) is 6.20 Å². The molecule has 0 atom stereocenters. The molecular formula is C28H29F6N7. The van der Waals surface area contributed by atoms with E-state index in [1.54, 1.807) is 25.1 Å². The van der Waals surface area contributed by atoms with Crippen LogP contribution in [-0.2, 0) is 6.54 Å². The molecule has 2 aromatic heterocycles. The lowest BCUT2D eigenvalue weighted by Gasteiger charge is -2.35. The van der Waals surface area contributed by atoms with Crippen LogP contribution >= 0.6 is 0 Å². The van der Waals surface area contributed by atoms with Crippen LogP contribution in [0.3, 0.4) is 0 Å². The fourth-order valence-electron chi connectivity index (χ4n) is 5.17. The van der Waals surface area contributed by atoms with Gasteiger partial charge in [-0.2, -0.15) is 13.2 Å². The Labute approximate surface area is 232 Å². The van der Waals surface area contributed by atoms with E-state index in [1.165, 1.54) is 17.0 Å². The summed E-state index contributed by atoms with van der Waals surface area (Å²) in [6.07, 6.45) is -3.28. The van der Waals surface area contributed by atoms with Gasteiger partial charge in [-0.25, -0.2) is 28.1 Å². The average Bonchev–Trinajstić information content (AvgIpc) is 3.23. The first-order chi connectivity index (χ1) is 19.4. The van der Waals surface area contributed by atoms with Gasteiger partial charge in [0.05, 0.1) is 18.3 Å². The summed E-state index contributed by atoms with van der Waals surface area (Å²) in [5.41, 5.74) is 1.48. The molecule has 1 aliphatic rings. The molecule has 1 N–H and O–H groups in total. The maximum atomic E-state index is 15.0. The van der Waals surface area contributed by atoms with Crippen molar-refractivity contribution in [2.24, 2.45) is 0 Å². The number of hydrogen-bond acceptors (Lipinski definition) is 6. The second-order valence-corrected chi connectivity index (χ2v) is 10.4. The number of imidazole rings is 1. The maximum Gasteiger partial charge on any atom is 0.401 e. The number of anilines is 2. The minimum atomic E-state index is -4.24. The number of rotatable bonds is 7. The Balaban J connectivity index is 1.31. The third kappa shape index (κ3) is 6.46. The molecule has 1 saturated heterocycles. The first-order valence-corrected chi connectivity index (χ1v) is 13.2. The average molecular weight is 578 g/mol. The molecule has 0 saturated carbocycles. The van der Waals surface area contributed by atoms with Crippen molar-refractivity contribution in [1.82, 2.24) is 29.3 Å². The largest absolute Gasteiger partial charge is 0.401 e. The summed E-state index contributed by atoms with van der Waals surface area (Å²) < 4.78 is 84.4. The van der Waals surface area contributed by atoms with Crippen LogP contribution in [0.5, 0.6) is 0 Å². The highest BCUT2D eigenvalue weighted by atomic mass is 19.4. The zero-order valence-corrected chi connectivity index (χ0v) is 22.7. The van der Waals surface area contributed by atoms with Gasteiger partial charge in [-0.3, -0.25) is 9.80 Å². The van der Waals surface area contributed by atoms with E-state index in [4.69, 9.17) is 0 Å². The van der Waals surface area contributed by atoms with Crippen molar-refractivity contribution in [3.8, 4) is 11.3 Å². The smallest absolute Gasteiger partial charge is 0.326 e. The standard InChI is InChI=1S/C28H29F6N7/c1-16(2)41-17(3)36-26-22(30)10-19(11-24(26)41)25-23(31)13-35-27(38-25)37-20-5-4-18(21(29)12-20)14-39-6-8-40(9-7-39)15-28(32,33)34/h4-5,10-13,16H,6-9,14-15H2,1-3H3,(H,35,37,38). The molecular weight excluding hydrogens is 548 g/mol. The molecule has 0 spiro atoms. The number of aryl methyl sites for hydroxylation is 1.